The normalized spacial score (nSPS) is 11.4. The van der Waals surface area contributed by atoms with Crippen molar-refractivity contribution in [2.24, 2.45) is 5.14 Å². The van der Waals surface area contributed by atoms with Gasteiger partial charge in [-0.3, -0.25) is 0 Å². The van der Waals surface area contributed by atoms with Gasteiger partial charge in [-0.1, -0.05) is 0 Å². The van der Waals surface area contributed by atoms with Crippen LogP contribution in [0.5, 0.6) is 0 Å². The number of benzene rings is 2. The van der Waals surface area contributed by atoms with Crippen molar-refractivity contribution < 1.29 is 12.8 Å². The molecule has 0 aliphatic heterocycles. The molecule has 4 N–H and O–H groups in total. The van der Waals surface area contributed by atoms with Gasteiger partial charge in [0.2, 0.25) is 10.0 Å². The van der Waals surface area contributed by atoms with Gasteiger partial charge < -0.3 is 10.3 Å². The van der Waals surface area contributed by atoms with Gasteiger partial charge in [0.1, 0.15) is 17.7 Å². The molecule has 0 bridgehead atoms. The number of imidazole rings is 1. The molecule has 1 aromatic heterocycles. The van der Waals surface area contributed by atoms with E-state index in [1.165, 1.54) is 30.3 Å². The van der Waals surface area contributed by atoms with Crippen LogP contribution >= 0.6 is 0 Å². The van der Waals surface area contributed by atoms with Gasteiger partial charge in [-0.2, -0.15) is 5.26 Å². The van der Waals surface area contributed by atoms with Crippen LogP contribution in [0.2, 0.25) is 0 Å². The van der Waals surface area contributed by atoms with Crippen molar-refractivity contribution in [2.75, 3.05) is 11.9 Å². The number of hydrogen-bond acceptors (Lipinski definition) is 5. The second-order valence-corrected chi connectivity index (χ2v) is 6.95. The minimum absolute atomic E-state index is 0.117. The molecular formula is C16H14FN5O2S. The minimum atomic E-state index is -3.86. The standard InChI is InChI=1S/C16H14FN5O2S/c17-11-1-3-14-15(8-11)22-16(21-14)5-6-20-13-4-2-12(25(19,23)24)7-10(13)9-18/h1-4,7-8,20H,5-6H2,(H,21,22)(H2,19,23,24). The van der Waals surface area contributed by atoms with Crippen molar-refractivity contribution in [1.82, 2.24) is 9.97 Å². The number of aromatic amines is 1. The van der Waals surface area contributed by atoms with Crippen LogP contribution in [-0.2, 0) is 16.4 Å². The molecule has 0 aliphatic carbocycles. The summed E-state index contributed by atoms with van der Waals surface area (Å²) in [5, 5.41) is 17.3. The first-order chi connectivity index (χ1) is 11.9. The molecule has 0 fully saturated rings. The van der Waals surface area contributed by atoms with Crippen molar-refractivity contribution in [3.05, 3.63) is 53.6 Å². The third-order valence-electron chi connectivity index (χ3n) is 3.61. The zero-order chi connectivity index (χ0) is 18.0. The number of hydrogen-bond donors (Lipinski definition) is 3. The van der Waals surface area contributed by atoms with Crippen LogP contribution in [-0.4, -0.2) is 24.9 Å². The fraction of sp³-hybridized carbons (Fsp3) is 0.125. The minimum Gasteiger partial charge on any atom is -0.384 e. The molecule has 0 spiro atoms. The first-order valence-electron chi connectivity index (χ1n) is 7.32. The van der Waals surface area contributed by atoms with E-state index in [1.54, 1.807) is 6.07 Å². The number of nitrogens with two attached hydrogens (primary N) is 1. The Bertz CT molecular complexity index is 1090. The maximum atomic E-state index is 13.2. The lowest BCUT2D eigenvalue weighted by molar-refractivity contribution is 0.598. The maximum Gasteiger partial charge on any atom is 0.238 e. The summed E-state index contributed by atoms with van der Waals surface area (Å²) in [7, 11) is -3.86. The summed E-state index contributed by atoms with van der Waals surface area (Å²) < 4.78 is 35.8. The van der Waals surface area contributed by atoms with E-state index in [2.05, 4.69) is 15.3 Å². The van der Waals surface area contributed by atoms with E-state index < -0.39 is 10.0 Å². The number of H-pyrrole nitrogens is 1. The van der Waals surface area contributed by atoms with Crippen LogP contribution in [0.1, 0.15) is 11.4 Å². The van der Waals surface area contributed by atoms with Crippen LogP contribution in [0.15, 0.2) is 41.3 Å². The van der Waals surface area contributed by atoms with Crippen LogP contribution in [0.4, 0.5) is 10.1 Å². The lowest BCUT2D eigenvalue weighted by Gasteiger charge is -2.08. The molecule has 0 aliphatic rings. The molecular weight excluding hydrogens is 345 g/mol. The topological polar surface area (TPSA) is 125 Å². The summed E-state index contributed by atoms with van der Waals surface area (Å²) in [5.41, 5.74) is 1.96. The smallest absolute Gasteiger partial charge is 0.238 e. The number of halogens is 1. The number of nitriles is 1. The highest BCUT2D eigenvalue weighted by molar-refractivity contribution is 7.89. The van der Waals surface area contributed by atoms with Gasteiger partial charge in [0.15, 0.2) is 0 Å². The highest BCUT2D eigenvalue weighted by Crippen LogP contribution is 2.19. The highest BCUT2D eigenvalue weighted by atomic mass is 32.2. The Balaban J connectivity index is 1.72. The van der Waals surface area contributed by atoms with Crippen molar-refractivity contribution in [3.8, 4) is 6.07 Å². The Morgan fingerprint density at radius 3 is 2.80 bits per heavy atom. The molecule has 0 saturated carbocycles. The molecule has 25 heavy (non-hydrogen) atoms. The van der Waals surface area contributed by atoms with Crippen LogP contribution in [0.25, 0.3) is 11.0 Å². The monoisotopic (exact) mass is 359 g/mol. The molecule has 128 valence electrons. The fourth-order valence-corrected chi connectivity index (χ4v) is 2.96. The summed E-state index contributed by atoms with van der Waals surface area (Å²) in [5.74, 6) is 0.335. The third-order valence-corrected chi connectivity index (χ3v) is 4.52. The molecule has 0 amide bonds. The van der Waals surface area contributed by atoms with E-state index in [-0.39, 0.29) is 16.3 Å². The second-order valence-electron chi connectivity index (χ2n) is 5.39. The Hall–Kier alpha value is -2.96. The lowest BCUT2D eigenvalue weighted by Crippen LogP contribution is -2.13. The molecule has 3 aromatic rings. The van der Waals surface area contributed by atoms with Crippen molar-refractivity contribution in [2.45, 2.75) is 11.3 Å². The van der Waals surface area contributed by atoms with E-state index >= 15 is 0 Å². The van der Waals surface area contributed by atoms with Gasteiger partial charge in [0.25, 0.3) is 0 Å². The highest BCUT2D eigenvalue weighted by Gasteiger charge is 2.11. The fourth-order valence-electron chi connectivity index (χ4n) is 2.42. The molecule has 7 nitrogen and oxygen atoms in total. The molecule has 9 heteroatoms. The molecule has 3 rings (SSSR count). The number of sulfonamides is 1. The third kappa shape index (κ3) is 3.76. The molecule has 0 unspecified atom stereocenters. The summed E-state index contributed by atoms with van der Waals surface area (Å²) in [4.78, 5) is 7.26. The molecule has 0 atom stereocenters. The Kier molecular flexibility index (Phi) is 4.39. The van der Waals surface area contributed by atoms with Crippen molar-refractivity contribution in [1.29, 1.82) is 5.26 Å². The van der Waals surface area contributed by atoms with Gasteiger partial charge in [0, 0.05) is 13.0 Å². The zero-order valence-corrected chi connectivity index (χ0v) is 13.8. The predicted molar refractivity (Wildman–Crippen MR) is 90.8 cm³/mol. The average molecular weight is 359 g/mol. The largest absolute Gasteiger partial charge is 0.384 e. The summed E-state index contributed by atoms with van der Waals surface area (Å²) in [6.45, 7) is 0.450. The number of fused-ring (bicyclic) bond motifs is 1. The molecule has 2 aromatic carbocycles. The van der Waals surface area contributed by atoms with E-state index in [9.17, 15) is 12.8 Å². The van der Waals surface area contributed by atoms with Gasteiger partial charge in [0.05, 0.1) is 27.2 Å². The van der Waals surface area contributed by atoms with Crippen molar-refractivity contribution >= 4 is 26.7 Å². The van der Waals surface area contributed by atoms with Crippen LogP contribution < -0.4 is 10.5 Å². The number of anilines is 1. The van der Waals surface area contributed by atoms with E-state index in [1.807, 2.05) is 6.07 Å². The summed E-state index contributed by atoms with van der Waals surface area (Å²) >= 11 is 0. The first-order valence-corrected chi connectivity index (χ1v) is 8.86. The number of primary sulfonamides is 1. The van der Waals surface area contributed by atoms with Crippen LogP contribution in [0.3, 0.4) is 0 Å². The van der Waals surface area contributed by atoms with Gasteiger partial charge >= 0.3 is 0 Å². The predicted octanol–water partition coefficient (Wildman–Crippen LogP) is 1.88. The molecule has 1 heterocycles. The average Bonchev–Trinajstić information content (AvgIpc) is 2.95. The Labute approximate surface area is 143 Å². The van der Waals surface area contributed by atoms with Crippen molar-refractivity contribution in [3.63, 3.8) is 0 Å². The first kappa shape index (κ1) is 16.9. The number of aromatic nitrogens is 2. The SMILES string of the molecule is N#Cc1cc(S(N)(=O)=O)ccc1NCCc1nc2ccc(F)cc2[nH]1. The van der Waals surface area contributed by atoms with Crippen LogP contribution in [0, 0.1) is 17.1 Å². The van der Waals surface area contributed by atoms with E-state index in [0.717, 1.165) is 0 Å². The maximum absolute atomic E-state index is 13.2. The number of nitrogens with zero attached hydrogens (tertiary/aromatic N) is 2. The second kappa shape index (κ2) is 6.51. The number of rotatable bonds is 5. The van der Waals surface area contributed by atoms with E-state index in [0.29, 0.717) is 35.5 Å². The molecule has 0 saturated heterocycles. The van der Waals surface area contributed by atoms with Gasteiger partial charge in [-0.05, 0) is 36.4 Å². The number of nitrogens with one attached hydrogen (secondary N) is 2. The van der Waals surface area contributed by atoms with E-state index in [4.69, 9.17) is 10.4 Å². The van der Waals surface area contributed by atoms with Gasteiger partial charge in [-0.25, -0.2) is 22.9 Å². The quantitative estimate of drug-likeness (QED) is 0.641. The van der Waals surface area contributed by atoms with Gasteiger partial charge in [-0.15, -0.1) is 0 Å². The summed E-state index contributed by atoms with van der Waals surface area (Å²) in [6, 6.07) is 10.3. The lowest BCUT2D eigenvalue weighted by atomic mass is 10.2. The molecule has 0 radical (unpaired) electrons. The Morgan fingerprint density at radius 1 is 1.28 bits per heavy atom. The Morgan fingerprint density at radius 2 is 2.08 bits per heavy atom. The zero-order valence-electron chi connectivity index (χ0n) is 13.0. The summed E-state index contributed by atoms with van der Waals surface area (Å²) in [6.07, 6.45) is 0.512.